The molecule has 1 rings (SSSR count). The fraction of sp³-hybridized carbons (Fsp3) is 0.400. The molecule has 0 amide bonds. The van der Waals surface area contributed by atoms with Crippen LogP contribution in [0, 0.1) is 5.82 Å². The van der Waals surface area contributed by atoms with E-state index in [-0.39, 0.29) is 5.82 Å². The molecule has 0 aliphatic heterocycles. The molecule has 0 saturated carbocycles. The number of hydrogen-bond donors (Lipinski definition) is 1. The first-order chi connectivity index (χ1) is 5.79. The molecule has 12 heavy (non-hydrogen) atoms. The second-order valence-electron chi connectivity index (χ2n) is 2.76. The highest BCUT2D eigenvalue weighted by Gasteiger charge is 2.04. The summed E-state index contributed by atoms with van der Waals surface area (Å²) in [6, 6.07) is 5.23. The smallest absolute Gasteiger partial charge is 0.127 e. The molecule has 0 aromatic heterocycles. The van der Waals surface area contributed by atoms with Gasteiger partial charge in [-0.3, -0.25) is 0 Å². The van der Waals surface area contributed by atoms with Crippen LogP contribution in [-0.2, 0) is 13.0 Å². The molecule has 2 heteroatoms. The van der Waals surface area contributed by atoms with E-state index in [1.165, 1.54) is 6.07 Å². The van der Waals surface area contributed by atoms with Gasteiger partial charge in [-0.25, -0.2) is 4.39 Å². The van der Waals surface area contributed by atoms with Crippen LogP contribution in [0.4, 0.5) is 4.39 Å². The number of hydrogen-bond acceptors (Lipinski definition) is 1. The van der Waals surface area contributed by atoms with Crippen LogP contribution in [-0.4, -0.2) is 7.05 Å². The summed E-state index contributed by atoms with van der Waals surface area (Å²) in [6.45, 7) is 2.64. The first kappa shape index (κ1) is 9.20. The molecular weight excluding hydrogens is 153 g/mol. The number of rotatable bonds is 3. The van der Waals surface area contributed by atoms with E-state index in [0.717, 1.165) is 17.5 Å². The maximum Gasteiger partial charge on any atom is 0.127 e. The minimum absolute atomic E-state index is 0.108. The molecule has 0 aliphatic rings. The highest BCUT2D eigenvalue weighted by Crippen LogP contribution is 2.13. The minimum atomic E-state index is -0.108. The van der Waals surface area contributed by atoms with Gasteiger partial charge in [0.05, 0.1) is 0 Å². The quantitative estimate of drug-likeness (QED) is 0.727. The van der Waals surface area contributed by atoms with E-state index in [0.29, 0.717) is 6.54 Å². The average Bonchev–Trinajstić information content (AvgIpc) is 2.09. The van der Waals surface area contributed by atoms with E-state index in [4.69, 9.17) is 0 Å². The number of aryl methyl sites for hydroxylation is 1. The Labute approximate surface area is 72.6 Å². The summed E-state index contributed by atoms with van der Waals surface area (Å²) in [4.78, 5) is 0. The Bertz CT molecular complexity index is 258. The molecule has 1 nitrogen and oxygen atoms in total. The van der Waals surface area contributed by atoms with Gasteiger partial charge in [-0.1, -0.05) is 19.1 Å². The molecule has 0 aliphatic carbocycles. The standard InChI is InChI=1S/C10H14FN/c1-3-8-5-4-6-10(11)9(8)7-12-2/h4-6,12H,3,7H2,1-2H3. The van der Waals surface area contributed by atoms with Crippen LogP contribution in [0.15, 0.2) is 18.2 Å². The van der Waals surface area contributed by atoms with Crippen LogP contribution < -0.4 is 5.32 Å². The van der Waals surface area contributed by atoms with Crippen molar-refractivity contribution < 1.29 is 4.39 Å². The molecule has 1 N–H and O–H groups in total. The molecule has 0 heterocycles. The number of halogens is 1. The maximum absolute atomic E-state index is 13.2. The molecule has 0 unspecified atom stereocenters. The second kappa shape index (κ2) is 4.21. The van der Waals surface area contributed by atoms with Gasteiger partial charge in [0.25, 0.3) is 0 Å². The topological polar surface area (TPSA) is 12.0 Å². The van der Waals surface area contributed by atoms with E-state index >= 15 is 0 Å². The first-order valence-electron chi connectivity index (χ1n) is 4.20. The maximum atomic E-state index is 13.2. The molecule has 1 aromatic carbocycles. The van der Waals surface area contributed by atoms with E-state index in [9.17, 15) is 4.39 Å². The Morgan fingerprint density at radius 2 is 2.17 bits per heavy atom. The summed E-state index contributed by atoms with van der Waals surface area (Å²) >= 11 is 0. The lowest BCUT2D eigenvalue weighted by atomic mass is 10.0. The fourth-order valence-corrected chi connectivity index (χ4v) is 1.31. The summed E-state index contributed by atoms with van der Waals surface area (Å²) in [5.74, 6) is -0.108. The summed E-state index contributed by atoms with van der Waals surface area (Å²) < 4.78 is 13.2. The zero-order valence-corrected chi connectivity index (χ0v) is 7.52. The van der Waals surface area contributed by atoms with E-state index in [1.807, 2.05) is 20.0 Å². The highest BCUT2D eigenvalue weighted by atomic mass is 19.1. The van der Waals surface area contributed by atoms with Crippen LogP contribution >= 0.6 is 0 Å². The van der Waals surface area contributed by atoms with Crippen molar-refractivity contribution in [2.75, 3.05) is 7.05 Å². The van der Waals surface area contributed by atoms with Crippen molar-refractivity contribution in [2.24, 2.45) is 0 Å². The van der Waals surface area contributed by atoms with Crippen molar-refractivity contribution >= 4 is 0 Å². The van der Waals surface area contributed by atoms with Crippen molar-refractivity contribution in [3.05, 3.63) is 35.1 Å². The highest BCUT2D eigenvalue weighted by molar-refractivity contribution is 5.28. The zero-order chi connectivity index (χ0) is 8.97. The van der Waals surface area contributed by atoms with E-state index in [1.54, 1.807) is 6.07 Å². The van der Waals surface area contributed by atoms with Crippen molar-refractivity contribution in [1.29, 1.82) is 0 Å². The molecular formula is C10H14FN. The van der Waals surface area contributed by atoms with Crippen molar-refractivity contribution in [1.82, 2.24) is 5.32 Å². The van der Waals surface area contributed by atoms with E-state index in [2.05, 4.69) is 5.32 Å². The van der Waals surface area contributed by atoms with E-state index < -0.39 is 0 Å². The predicted octanol–water partition coefficient (Wildman–Crippen LogP) is 2.11. The van der Waals surface area contributed by atoms with Crippen LogP contribution in [0.25, 0.3) is 0 Å². The van der Waals surface area contributed by atoms with Gasteiger partial charge < -0.3 is 5.32 Å². The Hall–Kier alpha value is -0.890. The van der Waals surface area contributed by atoms with Gasteiger partial charge >= 0.3 is 0 Å². The summed E-state index contributed by atoms with van der Waals surface area (Å²) in [7, 11) is 1.83. The lowest BCUT2D eigenvalue weighted by Crippen LogP contribution is -2.09. The Morgan fingerprint density at radius 3 is 2.75 bits per heavy atom. The Kier molecular flexibility index (Phi) is 3.23. The monoisotopic (exact) mass is 167 g/mol. The van der Waals surface area contributed by atoms with Crippen LogP contribution in [0.3, 0.4) is 0 Å². The Balaban J connectivity index is 3.02. The van der Waals surface area contributed by atoms with Gasteiger partial charge in [-0.15, -0.1) is 0 Å². The van der Waals surface area contributed by atoms with Crippen LogP contribution in [0.5, 0.6) is 0 Å². The van der Waals surface area contributed by atoms with Crippen molar-refractivity contribution in [3.63, 3.8) is 0 Å². The number of benzene rings is 1. The zero-order valence-electron chi connectivity index (χ0n) is 7.52. The van der Waals surface area contributed by atoms with Crippen LogP contribution in [0.1, 0.15) is 18.1 Å². The van der Waals surface area contributed by atoms with Gasteiger partial charge in [0.2, 0.25) is 0 Å². The summed E-state index contributed by atoms with van der Waals surface area (Å²) in [5.41, 5.74) is 1.88. The lowest BCUT2D eigenvalue weighted by Gasteiger charge is -2.07. The third kappa shape index (κ3) is 1.83. The fourth-order valence-electron chi connectivity index (χ4n) is 1.31. The van der Waals surface area contributed by atoms with Gasteiger partial charge in [0, 0.05) is 12.1 Å². The van der Waals surface area contributed by atoms with Crippen LogP contribution in [0.2, 0.25) is 0 Å². The molecule has 0 saturated heterocycles. The predicted molar refractivity (Wildman–Crippen MR) is 48.5 cm³/mol. The van der Waals surface area contributed by atoms with Gasteiger partial charge in [-0.05, 0) is 25.1 Å². The lowest BCUT2D eigenvalue weighted by molar-refractivity contribution is 0.597. The van der Waals surface area contributed by atoms with Gasteiger partial charge in [-0.2, -0.15) is 0 Å². The van der Waals surface area contributed by atoms with Gasteiger partial charge in [0.15, 0.2) is 0 Å². The first-order valence-corrected chi connectivity index (χ1v) is 4.20. The average molecular weight is 167 g/mol. The molecule has 0 fully saturated rings. The molecule has 0 spiro atoms. The molecule has 1 aromatic rings. The Morgan fingerprint density at radius 1 is 1.42 bits per heavy atom. The minimum Gasteiger partial charge on any atom is -0.316 e. The third-order valence-corrected chi connectivity index (χ3v) is 1.95. The summed E-state index contributed by atoms with van der Waals surface area (Å²) in [5, 5.41) is 2.96. The van der Waals surface area contributed by atoms with Gasteiger partial charge in [0.1, 0.15) is 5.82 Å². The molecule has 0 radical (unpaired) electrons. The summed E-state index contributed by atoms with van der Waals surface area (Å²) in [6.07, 6.45) is 0.884. The van der Waals surface area contributed by atoms with Crippen molar-refractivity contribution in [2.45, 2.75) is 19.9 Å². The second-order valence-corrected chi connectivity index (χ2v) is 2.76. The molecule has 0 bridgehead atoms. The largest absolute Gasteiger partial charge is 0.316 e. The number of nitrogens with one attached hydrogen (secondary N) is 1. The SMILES string of the molecule is CCc1cccc(F)c1CNC. The molecule has 0 atom stereocenters. The third-order valence-electron chi connectivity index (χ3n) is 1.95. The van der Waals surface area contributed by atoms with Crippen molar-refractivity contribution in [3.8, 4) is 0 Å². The molecule has 66 valence electrons. The normalized spacial score (nSPS) is 10.2.